The molecule has 0 saturated heterocycles. The smallest absolute Gasteiger partial charge is 0.435 e. The van der Waals surface area contributed by atoms with Gasteiger partial charge in [0.05, 0.1) is 34.7 Å². The minimum atomic E-state index is -4.97. The molecular weight excluding hydrogens is 744 g/mol. The lowest BCUT2D eigenvalue weighted by atomic mass is 9.76. The van der Waals surface area contributed by atoms with Crippen LogP contribution in [0.25, 0.3) is 11.6 Å². The van der Waals surface area contributed by atoms with E-state index in [-0.39, 0.29) is 36.5 Å². The van der Waals surface area contributed by atoms with Crippen LogP contribution in [0.4, 0.5) is 30.2 Å². The van der Waals surface area contributed by atoms with Gasteiger partial charge in [0.15, 0.2) is 5.69 Å². The standard InChI is InChI=1S/C42H42F3N5O5S/c1-41(2)28-10-5-7-12-30(28)50(32(41)24-27-37(52)35(38(27)53)36-39(42(43,44)45)47-49(4)40(36)54)22-23-55-34(51)14-9-21-48(3)26-18-15-25(16-19-26)17-20-33-46-29-11-6-8-13-31(29)56-33/h5-8,10-13,15-20,24,32-33,46,52,54H,9,14,21-23H2,1-4H3/b20-17+,27-24-. The average molecular weight is 786 g/mol. The molecule has 3 N–H and O–H groups in total. The Labute approximate surface area is 327 Å². The lowest BCUT2D eigenvalue weighted by Crippen LogP contribution is -2.43. The lowest BCUT2D eigenvalue weighted by molar-refractivity contribution is -0.143. The molecule has 3 aliphatic rings. The molecule has 4 aromatic rings. The van der Waals surface area contributed by atoms with Gasteiger partial charge in [0, 0.05) is 54.4 Å². The summed E-state index contributed by atoms with van der Waals surface area (Å²) >= 11 is 1.78. The fourth-order valence-corrected chi connectivity index (χ4v) is 8.52. The quantitative estimate of drug-likeness (QED) is 0.0961. The van der Waals surface area contributed by atoms with E-state index in [1.807, 2.05) is 62.2 Å². The van der Waals surface area contributed by atoms with E-state index in [9.17, 15) is 33.0 Å². The van der Waals surface area contributed by atoms with Gasteiger partial charge in [0.2, 0.25) is 11.7 Å². The summed E-state index contributed by atoms with van der Waals surface area (Å²) in [5.74, 6) is -2.72. The summed E-state index contributed by atoms with van der Waals surface area (Å²) in [4.78, 5) is 31.5. The number of carbonyl (C=O) groups excluding carboxylic acids is 2. The number of nitrogens with one attached hydrogen (secondary N) is 1. The first-order chi connectivity index (χ1) is 26.6. The third-order valence-electron chi connectivity index (χ3n) is 10.5. The first kappa shape index (κ1) is 38.6. The van der Waals surface area contributed by atoms with Crippen molar-refractivity contribution in [3.63, 3.8) is 0 Å². The zero-order valence-electron chi connectivity index (χ0n) is 31.3. The molecule has 292 valence electrons. The molecule has 0 radical (unpaired) electrons. The summed E-state index contributed by atoms with van der Waals surface area (Å²) < 4.78 is 47.4. The summed E-state index contributed by atoms with van der Waals surface area (Å²) in [6.07, 6.45) is 1.62. The van der Waals surface area contributed by atoms with Crippen LogP contribution in [0.1, 0.15) is 49.1 Å². The van der Waals surface area contributed by atoms with Gasteiger partial charge in [0.25, 0.3) is 0 Å². The molecule has 10 nitrogen and oxygen atoms in total. The number of hydrogen-bond acceptors (Lipinski definition) is 10. The normalized spacial score (nSPS) is 19.3. The highest BCUT2D eigenvalue weighted by atomic mass is 32.2. The second-order valence-corrected chi connectivity index (χ2v) is 15.7. The molecule has 7 rings (SSSR count). The number of anilines is 3. The Bertz CT molecular complexity index is 2240. The van der Waals surface area contributed by atoms with Crippen LogP contribution in [-0.2, 0) is 33.0 Å². The van der Waals surface area contributed by atoms with Gasteiger partial charge in [0.1, 0.15) is 12.4 Å². The maximum Gasteiger partial charge on any atom is 0.435 e. The number of ketones is 1. The Kier molecular flexibility index (Phi) is 10.4. The molecule has 0 spiro atoms. The van der Waals surface area contributed by atoms with Gasteiger partial charge < -0.3 is 30.1 Å². The molecule has 1 aliphatic carbocycles. The third-order valence-corrected chi connectivity index (χ3v) is 11.7. The van der Waals surface area contributed by atoms with E-state index >= 15 is 0 Å². The number of aliphatic hydroxyl groups excluding tert-OH is 1. The van der Waals surface area contributed by atoms with Gasteiger partial charge in [-0.1, -0.05) is 80.2 Å². The number of fused-ring (bicyclic) bond motifs is 2. The molecule has 3 heterocycles. The van der Waals surface area contributed by atoms with Crippen molar-refractivity contribution < 1.29 is 37.7 Å². The SMILES string of the molecule is CN(CCCC(=O)OCCN1c2ccccc2C(C)(C)C1/C=C1\C(=O)C(c2c(C(F)(F)F)nn(C)c2O)=C1O)c1ccc(/C=C/C2Nc3ccccc3S2)cc1. The number of rotatable bonds is 12. The summed E-state index contributed by atoms with van der Waals surface area (Å²) in [5, 5.41) is 28.3. The Morgan fingerprint density at radius 3 is 2.50 bits per heavy atom. The number of esters is 1. The number of alkyl halides is 3. The highest BCUT2D eigenvalue weighted by molar-refractivity contribution is 8.00. The summed E-state index contributed by atoms with van der Waals surface area (Å²) in [5.41, 5.74) is 1.36. The van der Waals surface area contributed by atoms with Crippen molar-refractivity contribution >= 4 is 52.2 Å². The second-order valence-electron chi connectivity index (χ2n) is 14.6. The Balaban J connectivity index is 0.943. The molecule has 1 aromatic heterocycles. The number of allylic oxidation sites excluding steroid dienone is 2. The summed E-state index contributed by atoms with van der Waals surface area (Å²) in [7, 11) is 3.09. The van der Waals surface area contributed by atoms with E-state index in [1.54, 1.807) is 11.8 Å². The largest absolute Gasteiger partial charge is 0.506 e. The van der Waals surface area contributed by atoms with Crippen molar-refractivity contribution in [2.45, 2.75) is 54.6 Å². The van der Waals surface area contributed by atoms with Gasteiger partial charge in [-0.25, -0.2) is 4.68 Å². The van der Waals surface area contributed by atoms with Gasteiger partial charge in [-0.05, 0) is 54.0 Å². The molecule has 56 heavy (non-hydrogen) atoms. The number of hydrogen-bond donors (Lipinski definition) is 3. The fraction of sp³-hybridized carbons (Fsp3) is 0.310. The summed E-state index contributed by atoms with van der Waals surface area (Å²) in [6, 6.07) is 23.6. The number of benzene rings is 3. The van der Waals surface area contributed by atoms with Crippen LogP contribution in [0.2, 0.25) is 0 Å². The van der Waals surface area contributed by atoms with E-state index in [0.717, 1.165) is 35.2 Å². The van der Waals surface area contributed by atoms with E-state index in [0.29, 0.717) is 17.6 Å². The van der Waals surface area contributed by atoms with Gasteiger partial charge >= 0.3 is 12.1 Å². The Morgan fingerprint density at radius 1 is 1.07 bits per heavy atom. The predicted octanol–water partition coefficient (Wildman–Crippen LogP) is 8.11. The van der Waals surface area contributed by atoms with E-state index in [2.05, 4.69) is 63.9 Å². The van der Waals surface area contributed by atoms with Crippen LogP contribution < -0.4 is 15.1 Å². The molecular formula is C42H42F3N5O5S. The fourth-order valence-electron chi connectivity index (χ4n) is 7.49. The third kappa shape index (κ3) is 7.37. The molecule has 2 unspecified atom stereocenters. The maximum atomic E-state index is 13.7. The lowest BCUT2D eigenvalue weighted by Gasteiger charge is -2.34. The predicted molar refractivity (Wildman–Crippen MR) is 212 cm³/mol. The minimum Gasteiger partial charge on any atom is -0.506 e. The molecule has 0 saturated carbocycles. The number of halogens is 3. The first-order valence-electron chi connectivity index (χ1n) is 18.2. The molecule has 2 aliphatic heterocycles. The van der Waals surface area contributed by atoms with E-state index in [1.165, 1.54) is 11.0 Å². The number of ether oxygens (including phenoxy) is 1. The van der Waals surface area contributed by atoms with Crippen molar-refractivity contribution in [2.75, 3.05) is 41.9 Å². The first-order valence-corrected chi connectivity index (χ1v) is 19.1. The molecule has 3 aromatic carbocycles. The van der Waals surface area contributed by atoms with E-state index in [4.69, 9.17) is 4.74 Å². The van der Waals surface area contributed by atoms with Crippen LogP contribution in [0.15, 0.2) is 101 Å². The number of aliphatic hydroxyl groups is 1. The maximum absolute atomic E-state index is 13.7. The van der Waals surface area contributed by atoms with Crippen molar-refractivity contribution in [3.8, 4) is 5.88 Å². The van der Waals surface area contributed by atoms with Crippen molar-refractivity contribution in [2.24, 2.45) is 7.05 Å². The van der Waals surface area contributed by atoms with E-state index < -0.39 is 51.9 Å². The van der Waals surface area contributed by atoms with Crippen LogP contribution in [0.5, 0.6) is 5.88 Å². The molecule has 0 amide bonds. The average Bonchev–Trinajstić information content (AvgIpc) is 3.79. The molecule has 14 heteroatoms. The number of para-hydroxylation sites is 2. The Morgan fingerprint density at radius 2 is 1.79 bits per heavy atom. The van der Waals surface area contributed by atoms with Crippen LogP contribution in [-0.4, -0.2) is 69.9 Å². The zero-order chi connectivity index (χ0) is 39.9. The minimum absolute atomic E-state index is 0.0498. The van der Waals surface area contributed by atoms with Crippen molar-refractivity contribution in [3.05, 3.63) is 119 Å². The van der Waals surface area contributed by atoms with Crippen LogP contribution in [0.3, 0.4) is 0 Å². The van der Waals surface area contributed by atoms with Crippen molar-refractivity contribution in [1.82, 2.24) is 9.78 Å². The molecule has 0 fully saturated rings. The van der Waals surface area contributed by atoms with Gasteiger partial charge in [-0.15, -0.1) is 0 Å². The second kappa shape index (κ2) is 15.1. The number of aryl methyl sites for hydroxylation is 1. The van der Waals surface area contributed by atoms with Crippen molar-refractivity contribution in [1.29, 1.82) is 0 Å². The van der Waals surface area contributed by atoms with Crippen LogP contribution in [0, 0.1) is 0 Å². The summed E-state index contributed by atoms with van der Waals surface area (Å²) in [6.45, 7) is 4.88. The van der Waals surface area contributed by atoms with Crippen LogP contribution >= 0.6 is 11.8 Å². The molecule has 2 atom stereocenters. The number of thioether (sulfide) groups is 1. The number of carbonyl (C=O) groups is 2. The topological polar surface area (TPSA) is 120 Å². The van der Waals surface area contributed by atoms with Gasteiger partial charge in [-0.2, -0.15) is 18.3 Å². The monoisotopic (exact) mass is 785 g/mol. The number of nitrogens with zero attached hydrogens (tertiary/aromatic N) is 4. The number of Topliss-reactive ketones (excluding diaryl/α,β-unsaturated/α-hetero) is 1. The number of aromatic nitrogens is 2. The zero-order valence-corrected chi connectivity index (χ0v) is 32.1. The molecule has 0 bridgehead atoms. The Hall–Kier alpha value is -5.63. The highest BCUT2D eigenvalue weighted by Gasteiger charge is 2.49. The highest BCUT2D eigenvalue weighted by Crippen LogP contribution is 2.49. The van der Waals surface area contributed by atoms with Gasteiger partial charge in [-0.3, -0.25) is 9.59 Å². The number of aromatic hydroxyl groups is 1.